The van der Waals surface area contributed by atoms with Gasteiger partial charge in [-0.2, -0.15) is 0 Å². The largest absolute Gasteiger partial charge is 0.333 e. The molecule has 2 aliphatic rings. The van der Waals surface area contributed by atoms with Crippen LogP contribution in [0.4, 0.5) is 11.4 Å². The number of para-hydroxylation sites is 1. The molecule has 47 heavy (non-hydrogen) atoms. The molecule has 0 N–H and O–H groups in total. The van der Waals surface area contributed by atoms with Gasteiger partial charge in [-0.15, -0.1) is 17.9 Å². The Morgan fingerprint density at radius 1 is 0.766 bits per heavy atom. The van der Waals surface area contributed by atoms with E-state index in [0.29, 0.717) is 0 Å². The minimum Gasteiger partial charge on any atom is -0.333 e. The SMILES string of the molecule is C=CCc1c(C=C)n(-c2nc3c(ccc4sc5ccccc5c43)s2)c2ccc(N3c4ccccc4C4c5ccccc5C=CC43)cc12. The minimum absolute atomic E-state index is 0.204. The average molecular weight is 640 g/mol. The van der Waals surface area contributed by atoms with Gasteiger partial charge in [0.15, 0.2) is 5.13 Å². The molecular weight excluding hydrogens is 611 g/mol. The summed E-state index contributed by atoms with van der Waals surface area (Å²) < 4.78 is 6.08. The van der Waals surface area contributed by atoms with E-state index in [1.54, 1.807) is 11.3 Å². The van der Waals surface area contributed by atoms with Crippen molar-refractivity contribution >= 4 is 87.5 Å². The van der Waals surface area contributed by atoms with Crippen LogP contribution in [0.2, 0.25) is 0 Å². The molecule has 0 amide bonds. The quantitative estimate of drug-likeness (QED) is 0.175. The number of aromatic nitrogens is 2. The number of hydrogen-bond donors (Lipinski definition) is 0. The molecule has 10 rings (SSSR count). The van der Waals surface area contributed by atoms with Gasteiger partial charge in [-0.05, 0) is 77.2 Å². The maximum absolute atomic E-state index is 5.37. The zero-order valence-corrected chi connectivity index (χ0v) is 27.2. The van der Waals surface area contributed by atoms with Crippen LogP contribution in [0.5, 0.6) is 0 Å². The van der Waals surface area contributed by atoms with Gasteiger partial charge in [0.25, 0.3) is 0 Å². The smallest absolute Gasteiger partial charge is 0.195 e. The fourth-order valence-corrected chi connectivity index (χ4v) is 10.2. The van der Waals surface area contributed by atoms with Gasteiger partial charge in [-0.25, -0.2) is 4.98 Å². The molecule has 8 aromatic rings. The molecule has 1 aliphatic carbocycles. The van der Waals surface area contributed by atoms with Crippen molar-refractivity contribution in [2.45, 2.75) is 18.4 Å². The molecule has 5 aromatic carbocycles. The second kappa shape index (κ2) is 10.1. The molecule has 5 heteroatoms. The second-order valence-electron chi connectivity index (χ2n) is 12.4. The molecule has 3 aromatic heterocycles. The van der Waals surface area contributed by atoms with Crippen LogP contribution in [0.3, 0.4) is 0 Å². The van der Waals surface area contributed by atoms with E-state index < -0.39 is 0 Å². The molecule has 0 radical (unpaired) electrons. The van der Waals surface area contributed by atoms with Gasteiger partial charge in [-0.1, -0.05) is 96.8 Å². The van der Waals surface area contributed by atoms with Gasteiger partial charge in [0, 0.05) is 42.9 Å². The fraction of sp³-hybridized carbons (Fsp3) is 0.0714. The highest BCUT2D eigenvalue weighted by Gasteiger charge is 2.41. The summed E-state index contributed by atoms with van der Waals surface area (Å²) in [5.74, 6) is 0.289. The predicted octanol–water partition coefficient (Wildman–Crippen LogP) is 11.7. The van der Waals surface area contributed by atoms with Crippen LogP contribution in [0, 0.1) is 0 Å². The van der Waals surface area contributed by atoms with E-state index in [2.05, 4.69) is 138 Å². The first kappa shape index (κ1) is 26.9. The molecule has 2 atom stereocenters. The van der Waals surface area contributed by atoms with Crippen molar-refractivity contribution in [1.29, 1.82) is 0 Å². The standard InChI is InChI=1S/C42H29N3S2/c1-3-11-28-31-24-26(44-33-16-9-7-14-29(33)39-27-13-6-5-12-25(27)18-20-35(39)44)19-21-34(31)45(32(28)4-2)42-43-41-38(47-42)23-22-37-40(41)30-15-8-10-17-36(30)46-37/h3-10,12-24,35,39H,1-2,11H2. The molecule has 0 fully saturated rings. The number of hydrogen-bond acceptors (Lipinski definition) is 4. The molecule has 2 unspecified atom stereocenters. The number of nitrogens with zero attached hydrogens (tertiary/aromatic N) is 3. The van der Waals surface area contributed by atoms with Gasteiger partial charge in [0.05, 0.1) is 27.5 Å². The van der Waals surface area contributed by atoms with Crippen molar-refractivity contribution < 1.29 is 0 Å². The molecular formula is C42H29N3S2. The number of fused-ring (bicyclic) bond motifs is 11. The first-order chi connectivity index (χ1) is 23.2. The summed E-state index contributed by atoms with van der Waals surface area (Å²) in [6.07, 6.45) is 9.42. The monoisotopic (exact) mass is 639 g/mol. The van der Waals surface area contributed by atoms with Crippen LogP contribution in [0.1, 0.15) is 33.9 Å². The van der Waals surface area contributed by atoms with Crippen LogP contribution >= 0.6 is 22.7 Å². The number of anilines is 2. The zero-order valence-electron chi connectivity index (χ0n) is 25.6. The van der Waals surface area contributed by atoms with Crippen molar-refractivity contribution in [3.63, 3.8) is 0 Å². The Hall–Kier alpha value is -5.23. The summed E-state index contributed by atoms with van der Waals surface area (Å²) >= 11 is 3.58. The zero-order chi connectivity index (χ0) is 31.2. The van der Waals surface area contributed by atoms with Crippen LogP contribution in [0.25, 0.3) is 58.6 Å². The van der Waals surface area contributed by atoms with Crippen LogP contribution in [-0.2, 0) is 6.42 Å². The summed E-state index contributed by atoms with van der Waals surface area (Å²) in [4.78, 5) is 7.90. The third kappa shape index (κ3) is 3.75. The lowest BCUT2D eigenvalue weighted by Gasteiger charge is -2.31. The normalized spacial score (nSPS) is 16.6. The number of rotatable bonds is 5. The van der Waals surface area contributed by atoms with E-state index in [9.17, 15) is 0 Å². The van der Waals surface area contributed by atoms with E-state index in [1.165, 1.54) is 63.9 Å². The van der Waals surface area contributed by atoms with Crippen molar-refractivity contribution in [3.8, 4) is 5.13 Å². The van der Waals surface area contributed by atoms with Gasteiger partial charge in [0.1, 0.15) is 0 Å². The summed E-state index contributed by atoms with van der Waals surface area (Å²) in [6, 6.07) is 38.0. The van der Waals surface area contributed by atoms with E-state index >= 15 is 0 Å². The topological polar surface area (TPSA) is 21.1 Å². The average Bonchev–Trinajstić information content (AvgIpc) is 3.87. The molecule has 1 aliphatic heterocycles. The van der Waals surface area contributed by atoms with Crippen LogP contribution < -0.4 is 4.90 Å². The summed E-state index contributed by atoms with van der Waals surface area (Å²) in [5.41, 5.74) is 11.1. The van der Waals surface area contributed by atoms with E-state index in [0.717, 1.165) is 28.3 Å². The van der Waals surface area contributed by atoms with Crippen molar-refractivity contribution in [3.05, 3.63) is 156 Å². The Morgan fingerprint density at radius 3 is 2.47 bits per heavy atom. The lowest BCUT2D eigenvalue weighted by molar-refractivity contribution is 0.725. The molecule has 4 heterocycles. The molecule has 0 spiro atoms. The Kier molecular flexibility index (Phi) is 5.81. The number of benzene rings is 5. The summed E-state index contributed by atoms with van der Waals surface area (Å²) in [5, 5.41) is 4.70. The molecule has 224 valence electrons. The van der Waals surface area contributed by atoms with Crippen molar-refractivity contribution in [2.24, 2.45) is 0 Å². The van der Waals surface area contributed by atoms with Gasteiger partial charge < -0.3 is 4.90 Å². The van der Waals surface area contributed by atoms with E-state index in [1.807, 2.05) is 23.5 Å². The van der Waals surface area contributed by atoms with Crippen LogP contribution in [0.15, 0.2) is 128 Å². The first-order valence-corrected chi connectivity index (χ1v) is 17.6. The highest BCUT2D eigenvalue weighted by Crippen LogP contribution is 2.52. The van der Waals surface area contributed by atoms with Gasteiger partial charge >= 0.3 is 0 Å². The van der Waals surface area contributed by atoms with Gasteiger partial charge in [0.2, 0.25) is 0 Å². The Morgan fingerprint density at radius 2 is 1.57 bits per heavy atom. The van der Waals surface area contributed by atoms with Crippen molar-refractivity contribution in [1.82, 2.24) is 9.55 Å². The third-order valence-electron chi connectivity index (χ3n) is 9.97. The Balaban J connectivity index is 1.18. The lowest BCUT2D eigenvalue weighted by Crippen LogP contribution is -2.30. The number of thiazole rings is 1. The maximum atomic E-state index is 5.37. The molecule has 0 bridgehead atoms. The number of thiophene rings is 1. The molecule has 3 nitrogen and oxygen atoms in total. The molecule has 0 saturated heterocycles. The first-order valence-electron chi connectivity index (χ1n) is 16.0. The van der Waals surface area contributed by atoms with E-state index in [4.69, 9.17) is 4.98 Å². The number of allylic oxidation sites excluding steroid dienone is 1. The predicted molar refractivity (Wildman–Crippen MR) is 203 cm³/mol. The van der Waals surface area contributed by atoms with E-state index in [-0.39, 0.29) is 12.0 Å². The van der Waals surface area contributed by atoms with Gasteiger partial charge in [-0.3, -0.25) is 4.57 Å². The van der Waals surface area contributed by atoms with Crippen LogP contribution in [-0.4, -0.2) is 15.6 Å². The lowest BCUT2D eigenvalue weighted by atomic mass is 9.81. The second-order valence-corrected chi connectivity index (χ2v) is 14.5. The fourth-order valence-electron chi connectivity index (χ4n) is 8.05. The third-order valence-corrected chi connectivity index (χ3v) is 12.1. The Bertz CT molecular complexity index is 2630. The molecule has 0 saturated carbocycles. The maximum Gasteiger partial charge on any atom is 0.195 e. The Labute approximate surface area is 280 Å². The van der Waals surface area contributed by atoms with Crippen molar-refractivity contribution in [2.75, 3.05) is 4.90 Å². The summed E-state index contributed by atoms with van der Waals surface area (Å²) in [6.45, 7) is 8.44. The minimum atomic E-state index is 0.204. The highest BCUT2D eigenvalue weighted by atomic mass is 32.1. The highest BCUT2D eigenvalue weighted by molar-refractivity contribution is 7.26. The summed E-state index contributed by atoms with van der Waals surface area (Å²) in [7, 11) is 0.